The van der Waals surface area contributed by atoms with Crippen molar-refractivity contribution < 1.29 is 22.9 Å². The summed E-state index contributed by atoms with van der Waals surface area (Å²) >= 11 is 0. The van der Waals surface area contributed by atoms with Crippen LogP contribution in [-0.2, 0) is 18.0 Å². The first kappa shape index (κ1) is 22.6. The van der Waals surface area contributed by atoms with Crippen molar-refractivity contribution in [1.29, 1.82) is 0 Å². The molecule has 30 heavy (non-hydrogen) atoms. The number of nitro groups is 1. The molecule has 1 aromatic rings. The lowest BCUT2D eigenvalue weighted by molar-refractivity contribution is -0.384. The molecule has 0 unspecified atom stereocenters. The number of fused-ring (bicyclic) bond motifs is 6. The molecule has 3 fully saturated rings. The minimum atomic E-state index is -2.60. The van der Waals surface area contributed by atoms with E-state index in [0.29, 0.717) is 38.7 Å². The van der Waals surface area contributed by atoms with Crippen molar-refractivity contribution in [3.8, 4) is 0 Å². The number of hydrogen-bond acceptors (Lipinski definition) is 8. The third-order valence-corrected chi connectivity index (χ3v) is 7.80. The number of benzene rings is 1. The number of non-ortho nitro benzene ring substituents is 1. The fourth-order valence-corrected chi connectivity index (χ4v) is 5.83. The molecule has 3 aliphatic rings. The van der Waals surface area contributed by atoms with Gasteiger partial charge in [-0.3, -0.25) is 20.0 Å². The minimum Gasteiger partial charge on any atom is -0.492 e. The molecule has 3 saturated heterocycles. The smallest absolute Gasteiger partial charge is 0.492 e. The van der Waals surface area contributed by atoms with Crippen LogP contribution >= 0.6 is 0 Å². The number of hydrogen-bond donors (Lipinski definition) is 0. The Labute approximate surface area is 177 Å². The Kier molecular flexibility index (Phi) is 8.52. The van der Waals surface area contributed by atoms with Crippen molar-refractivity contribution in [2.24, 2.45) is 4.99 Å². The fraction of sp³-hybridized carbons (Fsp3) is 0.550. The SMILES string of the molecule is CCOC(C=NCCC[Si]12OCCN(CCO1)CCO2)=Cc1ccc([N+](=O)[O-])cc1. The second-order valence-electron chi connectivity index (χ2n) is 7.04. The summed E-state index contributed by atoms with van der Waals surface area (Å²) in [4.78, 5) is 17.1. The Morgan fingerprint density at radius 3 is 2.40 bits per heavy atom. The predicted molar refractivity (Wildman–Crippen MR) is 116 cm³/mol. The summed E-state index contributed by atoms with van der Waals surface area (Å²) in [6.45, 7) is 7.79. The molecule has 0 radical (unpaired) electrons. The zero-order valence-corrected chi connectivity index (χ0v) is 18.3. The number of rotatable bonds is 9. The van der Waals surface area contributed by atoms with E-state index in [0.717, 1.165) is 37.7 Å². The van der Waals surface area contributed by atoms with E-state index in [4.69, 9.17) is 18.0 Å². The topological polar surface area (TPSA) is 95.7 Å². The first-order chi connectivity index (χ1) is 14.6. The molecular formula is C20H29N3O6Si. The van der Waals surface area contributed by atoms with Gasteiger partial charge in [0.1, 0.15) is 5.76 Å². The lowest BCUT2D eigenvalue weighted by Crippen LogP contribution is -2.55. The molecule has 0 saturated carbocycles. The van der Waals surface area contributed by atoms with E-state index >= 15 is 0 Å². The minimum absolute atomic E-state index is 0.0603. The first-order valence-corrected chi connectivity index (χ1v) is 12.3. The summed E-state index contributed by atoms with van der Waals surface area (Å²) in [6, 6.07) is 7.07. The van der Waals surface area contributed by atoms with Crippen LogP contribution in [0.15, 0.2) is 35.0 Å². The van der Waals surface area contributed by atoms with Crippen LogP contribution in [0.25, 0.3) is 6.08 Å². The summed E-state index contributed by atoms with van der Waals surface area (Å²) in [5.41, 5.74) is 0.875. The Hall–Kier alpha value is -2.11. The summed E-state index contributed by atoms with van der Waals surface area (Å²) in [5, 5.41) is 10.8. The zero-order chi connectivity index (χ0) is 21.2. The van der Waals surface area contributed by atoms with Crippen LogP contribution in [0.3, 0.4) is 0 Å². The third kappa shape index (κ3) is 6.71. The Morgan fingerprint density at radius 1 is 1.20 bits per heavy atom. The highest BCUT2D eigenvalue weighted by atomic mass is 28.4. The lowest BCUT2D eigenvalue weighted by Gasteiger charge is -2.38. The molecule has 0 amide bonds. The molecule has 0 N–H and O–H groups in total. The van der Waals surface area contributed by atoms with Gasteiger partial charge in [0, 0.05) is 44.4 Å². The van der Waals surface area contributed by atoms with E-state index < -0.39 is 13.7 Å². The standard InChI is InChI=1S/C20H29N3O6Si/c1-2-26-20(16-18-4-6-19(7-5-18)23(24)25)17-21-8-3-15-30-27-12-9-22(10-13-28-30)11-14-29-30/h4-7,16-17H,2-3,8-15H2,1H3. The molecule has 0 aliphatic carbocycles. The highest BCUT2D eigenvalue weighted by molar-refractivity contribution is 6.60. The molecule has 0 aromatic heterocycles. The van der Waals surface area contributed by atoms with Crippen LogP contribution in [-0.4, -0.2) is 77.4 Å². The maximum Gasteiger partial charge on any atom is 0.501 e. The average Bonchev–Trinajstić information content (AvgIpc) is 2.68. The summed E-state index contributed by atoms with van der Waals surface area (Å²) < 4.78 is 23.7. The second-order valence-corrected chi connectivity index (χ2v) is 9.77. The third-order valence-electron chi connectivity index (χ3n) is 4.90. The van der Waals surface area contributed by atoms with Crippen LogP contribution in [0.1, 0.15) is 18.9 Å². The van der Waals surface area contributed by atoms with Crippen LogP contribution in [0.5, 0.6) is 0 Å². The van der Waals surface area contributed by atoms with Crippen LogP contribution in [0, 0.1) is 10.1 Å². The molecule has 3 aliphatic heterocycles. The number of ether oxygens (including phenoxy) is 1. The van der Waals surface area contributed by atoms with Gasteiger partial charge in [-0.15, -0.1) is 0 Å². The fourth-order valence-electron chi connectivity index (χ4n) is 3.35. The molecule has 10 heteroatoms. The monoisotopic (exact) mass is 435 g/mol. The van der Waals surface area contributed by atoms with E-state index in [1.165, 1.54) is 12.1 Å². The number of nitro benzene ring substituents is 1. The van der Waals surface area contributed by atoms with Crippen LogP contribution in [0.2, 0.25) is 6.04 Å². The molecule has 4 rings (SSSR count). The Bertz CT molecular complexity index is 729. The maximum absolute atomic E-state index is 10.8. The number of aliphatic imine (C=N–C) groups is 1. The maximum atomic E-state index is 10.8. The molecule has 2 bridgehead atoms. The second kappa shape index (κ2) is 11.3. The van der Waals surface area contributed by atoms with E-state index in [9.17, 15) is 10.1 Å². The van der Waals surface area contributed by atoms with Gasteiger partial charge in [0.05, 0.1) is 37.6 Å². The summed E-state index contributed by atoms with van der Waals surface area (Å²) in [5.74, 6) is 0.613. The van der Waals surface area contributed by atoms with Crippen molar-refractivity contribution in [3.63, 3.8) is 0 Å². The van der Waals surface area contributed by atoms with Gasteiger partial charge >= 0.3 is 8.80 Å². The first-order valence-electron chi connectivity index (χ1n) is 10.3. The lowest BCUT2D eigenvalue weighted by atomic mass is 10.2. The van der Waals surface area contributed by atoms with Crippen molar-refractivity contribution in [3.05, 3.63) is 45.7 Å². The normalized spacial score (nSPS) is 25.0. The number of nitrogens with zero attached hydrogens (tertiary/aromatic N) is 3. The molecule has 0 spiro atoms. The molecular weight excluding hydrogens is 406 g/mol. The Balaban J connectivity index is 1.53. The van der Waals surface area contributed by atoms with Crippen molar-refractivity contribution in [2.45, 2.75) is 19.4 Å². The number of allylic oxidation sites excluding steroid dienone is 1. The zero-order valence-electron chi connectivity index (χ0n) is 17.3. The predicted octanol–water partition coefficient (Wildman–Crippen LogP) is 2.75. The largest absolute Gasteiger partial charge is 0.501 e. The van der Waals surface area contributed by atoms with Crippen LogP contribution in [0.4, 0.5) is 5.69 Å². The van der Waals surface area contributed by atoms with E-state index in [1.54, 1.807) is 18.3 Å². The van der Waals surface area contributed by atoms with Gasteiger partial charge in [0.25, 0.3) is 5.69 Å². The van der Waals surface area contributed by atoms with Gasteiger partial charge in [-0.2, -0.15) is 0 Å². The highest BCUT2D eigenvalue weighted by Crippen LogP contribution is 2.22. The molecule has 9 nitrogen and oxygen atoms in total. The average molecular weight is 436 g/mol. The van der Waals surface area contributed by atoms with Gasteiger partial charge in [-0.05, 0) is 37.1 Å². The summed E-state index contributed by atoms with van der Waals surface area (Å²) in [7, 11) is -2.60. The van der Waals surface area contributed by atoms with Crippen molar-refractivity contribution >= 4 is 26.8 Å². The molecule has 1 aromatic carbocycles. The van der Waals surface area contributed by atoms with Crippen molar-refractivity contribution in [1.82, 2.24) is 4.90 Å². The van der Waals surface area contributed by atoms with Crippen LogP contribution < -0.4 is 0 Å². The van der Waals surface area contributed by atoms with Gasteiger partial charge < -0.3 is 18.0 Å². The molecule has 164 valence electrons. The van der Waals surface area contributed by atoms with Gasteiger partial charge in [-0.1, -0.05) is 0 Å². The van der Waals surface area contributed by atoms with E-state index in [1.807, 2.05) is 13.0 Å². The molecule has 0 atom stereocenters. The quantitative estimate of drug-likeness (QED) is 0.147. The van der Waals surface area contributed by atoms with E-state index in [2.05, 4.69) is 9.89 Å². The highest BCUT2D eigenvalue weighted by Gasteiger charge is 2.43. The van der Waals surface area contributed by atoms with Crippen molar-refractivity contribution in [2.75, 3.05) is 52.6 Å². The van der Waals surface area contributed by atoms with E-state index in [-0.39, 0.29) is 5.69 Å². The van der Waals surface area contributed by atoms with Gasteiger partial charge in [0.2, 0.25) is 0 Å². The Morgan fingerprint density at radius 2 is 1.83 bits per heavy atom. The summed E-state index contributed by atoms with van der Waals surface area (Å²) in [6.07, 6.45) is 4.32. The van der Waals surface area contributed by atoms with Gasteiger partial charge in [-0.25, -0.2) is 0 Å². The van der Waals surface area contributed by atoms with Gasteiger partial charge in [0.15, 0.2) is 0 Å². The molecule has 3 heterocycles.